The summed E-state index contributed by atoms with van der Waals surface area (Å²) in [5.74, 6) is -0.269. The first kappa shape index (κ1) is 14.4. The molecule has 2 aromatic rings. The first-order chi connectivity index (χ1) is 10.6. The number of aryl methyl sites for hydroxylation is 1. The Labute approximate surface area is 128 Å². The van der Waals surface area contributed by atoms with Gasteiger partial charge in [0.25, 0.3) is 5.91 Å². The number of anilines is 1. The first-order valence-corrected chi connectivity index (χ1v) is 7.21. The number of hydrogen-bond acceptors (Lipinski definition) is 4. The maximum Gasteiger partial charge on any atom is 0.257 e. The minimum atomic E-state index is -0.239. The van der Waals surface area contributed by atoms with Gasteiger partial charge in [-0.2, -0.15) is 0 Å². The summed E-state index contributed by atoms with van der Waals surface area (Å²) in [4.78, 5) is 24.4. The number of hydrogen-bond donors (Lipinski definition) is 0. The number of carbonyl (C=O) groups excluding carboxylic acids is 1. The molecule has 0 aliphatic carbocycles. The van der Waals surface area contributed by atoms with Gasteiger partial charge in [-0.15, -0.1) is 0 Å². The lowest BCUT2D eigenvalue weighted by atomic mass is 10.2. The van der Waals surface area contributed by atoms with Gasteiger partial charge < -0.3 is 9.80 Å². The van der Waals surface area contributed by atoms with E-state index in [1.807, 2.05) is 11.8 Å². The van der Waals surface area contributed by atoms with Gasteiger partial charge in [0.05, 0.1) is 11.3 Å². The molecule has 22 heavy (non-hydrogen) atoms. The highest BCUT2D eigenvalue weighted by atomic mass is 19.1. The largest absolute Gasteiger partial charge is 0.368 e. The second kappa shape index (κ2) is 6.09. The summed E-state index contributed by atoms with van der Waals surface area (Å²) in [6.07, 6.45) is 3.01. The number of rotatable bonds is 2. The predicted molar refractivity (Wildman–Crippen MR) is 81.3 cm³/mol. The predicted octanol–water partition coefficient (Wildman–Crippen LogP) is 1.89. The number of halogens is 1. The Morgan fingerprint density at radius 2 is 1.82 bits per heavy atom. The van der Waals surface area contributed by atoms with Crippen LogP contribution in [-0.2, 0) is 0 Å². The van der Waals surface area contributed by atoms with Crippen LogP contribution in [-0.4, -0.2) is 47.0 Å². The van der Waals surface area contributed by atoms with E-state index >= 15 is 0 Å². The number of nitrogens with zero attached hydrogens (tertiary/aromatic N) is 4. The van der Waals surface area contributed by atoms with Gasteiger partial charge in [-0.05, 0) is 31.2 Å². The summed E-state index contributed by atoms with van der Waals surface area (Å²) in [7, 11) is 0. The Morgan fingerprint density at radius 1 is 1.14 bits per heavy atom. The topological polar surface area (TPSA) is 49.3 Å². The van der Waals surface area contributed by atoms with Crippen molar-refractivity contribution in [3.05, 3.63) is 53.9 Å². The van der Waals surface area contributed by atoms with Crippen LogP contribution in [0.1, 0.15) is 16.1 Å². The van der Waals surface area contributed by atoms with Crippen molar-refractivity contribution in [2.75, 3.05) is 31.1 Å². The SMILES string of the molecule is Cc1ncncc1C(=O)N1CCN(c2ccc(F)cc2)CC1. The summed E-state index contributed by atoms with van der Waals surface area (Å²) in [5.41, 5.74) is 2.23. The Bertz CT molecular complexity index is 666. The Morgan fingerprint density at radius 3 is 2.45 bits per heavy atom. The van der Waals surface area contributed by atoms with E-state index < -0.39 is 0 Å². The highest BCUT2D eigenvalue weighted by Crippen LogP contribution is 2.18. The highest BCUT2D eigenvalue weighted by molar-refractivity contribution is 5.95. The normalized spacial score (nSPS) is 15.0. The van der Waals surface area contributed by atoms with Crippen LogP contribution in [0.5, 0.6) is 0 Å². The summed E-state index contributed by atoms with van der Waals surface area (Å²) in [6.45, 7) is 4.52. The van der Waals surface area contributed by atoms with E-state index in [0.717, 1.165) is 18.8 Å². The molecule has 114 valence electrons. The first-order valence-electron chi connectivity index (χ1n) is 7.21. The van der Waals surface area contributed by atoms with Gasteiger partial charge in [0, 0.05) is 38.1 Å². The number of piperazine rings is 1. The molecule has 1 fully saturated rings. The minimum Gasteiger partial charge on any atom is -0.368 e. The molecule has 2 heterocycles. The molecule has 1 aliphatic heterocycles. The molecule has 1 amide bonds. The van der Waals surface area contributed by atoms with Gasteiger partial charge >= 0.3 is 0 Å². The van der Waals surface area contributed by atoms with Crippen LogP contribution in [0.25, 0.3) is 0 Å². The van der Waals surface area contributed by atoms with E-state index in [1.54, 1.807) is 18.3 Å². The van der Waals surface area contributed by atoms with Gasteiger partial charge in [0.15, 0.2) is 0 Å². The third-order valence-electron chi connectivity index (χ3n) is 3.90. The monoisotopic (exact) mass is 300 g/mol. The molecule has 0 radical (unpaired) electrons. The van der Waals surface area contributed by atoms with E-state index in [1.165, 1.54) is 18.5 Å². The van der Waals surface area contributed by atoms with E-state index in [9.17, 15) is 9.18 Å². The summed E-state index contributed by atoms with van der Waals surface area (Å²) >= 11 is 0. The van der Waals surface area contributed by atoms with Crippen molar-refractivity contribution in [3.63, 3.8) is 0 Å². The van der Waals surface area contributed by atoms with Gasteiger partial charge in [-0.25, -0.2) is 14.4 Å². The summed E-state index contributed by atoms with van der Waals surface area (Å²) < 4.78 is 13.0. The van der Waals surface area contributed by atoms with Crippen molar-refractivity contribution in [1.29, 1.82) is 0 Å². The van der Waals surface area contributed by atoms with Crippen LogP contribution < -0.4 is 4.90 Å². The second-order valence-electron chi connectivity index (χ2n) is 5.28. The molecule has 0 atom stereocenters. The van der Waals surface area contributed by atoms with Crippen molar-refractivity contribution >= 4 is 11.6 Å². The zero-order valence-corrected chi connectivity index (χ0v) is 12.4. The van der Waals surface area contributed by atoms with Crippen LogP contribution in [0.2, 0.25) is 0 Å². The molecule has 3 rings (SSSR count). The molecular weight excluding hydrogens is 283 g/mol. The Hall–Kier alpha value is -2.50. The van der Waals surface area contributed by atoms with Crippen molar-refractivity contribution in [2.45, 2.75) is 6.92 Å². The minimum absolute atomic E-state index is 0.0307. The summed E-state index contributed by atoms with van der Waals surface area (Å²) in [6, 6.07) is 6.44. The van der Waals surface area contributed by atoms with Crippen LogP contribution >= 0.6 is 0 Å². The average molecular weight is 300 g/mol. The molecule has 5 nitrogen and oxygen atoms in total. The second-order valence-corrected chi connectivity index (χ2v) is 5.28. The van der Waals surface area contributed by atoms with E-state index in [2.05, 4.69) is 14.9 Å². The average Bonchev–Trinajstić information content (AvgIpc) is 2.56. The third-order valence-corrected chi connectivity index (χ3v) is 3.90. The quantitative estimate of drug-likeness (QED) is 0.850. The fourth-order valence-electron chi connectivity index (χ4n) is 2.59. The van der Waals surface area contributed by atoms with Crippen molar-refractivity contribution < 1.29 is 9.18 Å². The third kappa shape index (κ3) is 2.90. The Balaban J connectivity index is 1.65. The lowest BCUT2D eigenvalue weighted by Crippen LogP contribution is -2.49. The molecule has 1 saturated heterocycles. The zero-order chi connectivity index (χ0) is 15.5. The fourth-order valence-corrected chi connectivity index (χ4v) is 2.59. The van der Waals surface area contributed by atoms with Gasteiger partial charge in [-0.3, -0.25) is 4.79 Å². The number of aromatic nitrogens is 2. The molecule has 0 spiro atoms. The van der Waals surface area contributed by atoms with Crippen LogP contribution in [0.3, 0.4) is 0 Å². The molecule has 0 N–H and O–H groups in total. The van der Waals surface area contributed by atoms with Crippen molar-refractivity contribution in [2.24, 2.45) is 0 Å². The zero-order valence-electron chi connectivity index (χ0n) is 12.4. The molecular formula is C16H17FN4O. The van der Waals surface area contributed by atoms with Crippen LogP contribution in [0.4, 0.5) is 10.1 Å². The molecule has 0 unspecified atom stereocenters. The summed E-state index contributed by atoms with van der Waals surface area (Å²) in [5, 5.41) is 0. The molecule has 1 aromatic carbocycles. The number of carbonyl (C=O) groups is 1. The fraction of sp³-hybridized carbons (Fsp3) is 0.312. The highest BCUT2D eigenvalue weighted by Gasteiger charge is 2.23. The van der Waals surface area contributed by atoms with Crippen molar-refractivity contribution in [1.82, 2.24) is 14.9 Å². The molecule has 0 bridgehead atoms. The van der Waals surface area contributed by atoms with Gasteiger partial charge in [0.1, 0.15) is 12.1 Å². The van der Waals surface area contributed by atoms with Crippen LogP contribution in [0.15, 0.2) is 36.8 Å². The van der Waals surface area contributed by atoms with Gasteiger partial charge in [0.2, 0.25) is 0 Å². The molecule has 1 aliphatic rings. The lowest BCUT2D eigenvalue weighted by molar-refractivity contribution is 0.0745. The Kier molecular flexibility index (Phi) is 4.00. The number of amides is 1. The van der Waals surface area contributed by atoms with Crippen molar-refractivity contribution in [3.8, 4) is 0 Å². The molecule has 6 heteroatoms. The van der Waals surface area contributed by atoms with Gasteiger partial charge in [-0.1, -0.05) is 0 Å². The maximum absolute atomic E-state index is 13.0. The molecule has 1 aromatic heterocycles. The lowest BCUT2D eigenvalue weighted by Gasteiger charge is -2.36. The molecule has 0 saturated carbocycles. The van der Waals surface area contributed by atoms with E-state index in [4.69, 9.17) is 0 Å². The van der Waals surface area contributed by atoms with Crippen LogP contribution in [0, 0.1) is 12.7 Å². The smallest absolute Gasteiger partial charge is 0.257 e. The number of benzene rings is 1. The maximum atomic E-state index is 13.0. The standard InChI is InChI=1S/C16H17FN4O/c1-12-15(10-18-11-19-12)16(22)21-8-6-20(7-9-21)14-4-2-13(17)3-5-14/h2-5,10-11H,6-9H2,1H3. The van der Waals surface area contributed by atoms with E-state index in [0.29, 0.717) is 24.3 Å². The van der Waals surface area contributed by atoms with E-state index in [-0.39, 0.29) is 11.7 Å².